The highest BCUT2D eigenvalue weighted by Gasteiger charge is 2.25. The number of thioether (sulfide) groups is 1. The van der Waals surface area contributed by atoms with Crippen molar-refractivity contribution in [2.24, 2.45) is 0 Å². The zero-order valence-corrected chi connectivity index (χ0v) is 17.4. The highest BCUT2D eigenvalue weighted by Crippen LogP contribution is 2.25. The zero-order chi connectivity index (χ0) is 20.2. The van der Waals surface area contributed by atoms with Crippen molar-refractivity contribution in [1.29, 1.82) is 0 Å². The number of pyridine rings is 1. The third-order valence-corrected chi connectivity index (χ3v) is 5.47. The highest BCUT2D eigenvalue weighted by atomic mass is 32.2. The first-order chi connectivity index (χ1) is 14.2. The van der Waals surface area contributed by atoms with Crippen LogP contribution in [0.15, 0.2) is 47.8 Å². The van der Waals surface area contributed by atoms with Crippen LogP contribution in [0.3, 0.4) is 0 Å². The summed E-state index contributed by atoms with van der Waals surface area (Å²) in [7, 11) is 0. The molecule has 4 rings (SSSR count). The molecule has 0 radical (unpaired) electrons. The lowest BCUT2D eigenvalue weighted by atomic mass is 10.2. The van der Waals surface area contributed by atoms with Crippen LogP contribution in [0.1, 0.15) is 17.3 Å². The SMILES string of the molecule is CCOC(=O)c1cnc(SC)nc1N1CCN(c2ccc3ccccc3n2)CC1. The van der Waals surface area contributed by atoms with Gasteiger partial charge in [-0.25, -0.2) is 19.7 Å². The first-order valence-electron chi connectivity index (χ1n) is 9.63. The lowest BCUT2D eigenvalue weighted by molar-refractivity contribution is 0.0526. The molecule has 8 heteroatoms. The first-order valence-corrected chi connectivity index (χ1v) is 10.9. The summed E-state index contributed by atoms with van der Waals surface area (Å²) in [5.41, 5.74) is 1.42. The van der Waals surface area contributed by atoms with Crippen LogP contribution in [-0.4, -0.2) is 60.0 Å². The number of nitrogens with zero attached hydrogens (tertiary/aromatic N) is 5. The third-order valence-electron chi connectivity index (χ3n) is 4.91. The Hall–Kier alpha value is -2.87. The lowest BCUT2D eigenvalue weighted by Crippen LogP contribution is -2.47. The molecule has 3 heterocycles. The average Bonchev–Trinajstić information content (AvgIpc) is 2.78. The molecule has 150 valence electrons. The first kappa shape index (κ1) is 19.4. The summed E-state index contributed by atoms with van der Waals surface area (Å²) in [4.78, 5) is 30.4. The molecule has 1 aliphatic rings. The molecule has 1 aliphatic heterocycles. The van der Waals surface area contributed by atoms with Gasteiger partial charge in [0.15, 0.2) is 5.16 Å². The predicted octanol–water partition coefficient (Wildman–Crippen LogP) is 3.25. The van der Waals surface area contributed by atoms with Crippen molar-refractivity contribution >= 4 is 40.3 Å². The van der Waals surface area contributed by atoms with Gasteiger partial charge in [-0.1, -0.05) is 30.0 Å². The van der Waals surface area contributed by atoms with Gasteiger partial charge >= 0.3 is 5.97 Å². The summed E-state index contributed by atoms with van der Waals surface area (Å²) in [6, 6.07) is 12.3. The number of rotatable bonds is 5. The molecule has 1 saturated heterocycles. The van der Waals surface area contributed by atoms with Crippen molar-refractivity contribution in [1.82, 2.24) is 15.0 Å². The Kier molecular flexibility index (Phi) is 5.80. The number of para-hydroxylation sites is 1. The van der Waals surface area contributed by atoms with Crippen LogP contribution in [0.5, 0.6) is 0 Å². The van der Waals surface area contributed by atoms with Gasteiger partial charge < -0.3 is 14.5 Å². The summed E-state index contributed by atoms with van der Waals surface area (Å²) in [6.07, 6.45) is 3.50. The number of aromatic nitrogens is 3. The maximum Gasteiger partial charge on any atom is 0.343 e. The topological polar surface area (TPSA) is 71.5 Å². The van der Waals surface area contributed by atoms with E-state index in [0.717, 1.165) is 42.9 Å². The standard InChI is InChI=1S/C21H23N5O2S/c1-3-28-20(27)16-14-22-21(29-2)24-19(16)26-12-10-25(11-13-26)18-9-8-15-6-4-5-7-17(15)23-18/h4-9,14H,3,10-13H2,1-2H3. The van der Waals surface area contributed by atoms with E-state index in [2.05, 4.69) is 38.0 Å². The minimum absolute atomic E-state index is 0.323. The monoisotopic (exact) mass is 409 g/mol. The molecule has 0 aliphatic carbocycles. The average molecular weight is 410 g/mol. The number of hydrogen-bond donors (Lipinski definition) is 0. The largest absolute Gasteiger partial charge is 0.462 e. The Morgan fingerprint density at radius 1 is 1.07 bits per heavy atom. The normalized spacial score (nSPS) is 14.3. The predicted molar refractivity (Wildman–Crippen MR) is 116 cm³/mol. The molecule has 1 aromatic carbocycles. The number of ether oxygens (including phenoxy) is 1. The smallest absolute Gasteiger partial charge is 0.343 e. The fourth-order valence-electron chi connectivity index (χ4n) is 3.43. The van der Waals surface area contributed by atoms with E-state index >= 15 is 0 Å². The quantitative estimate of drug-likeness (QED) is 0.361. The molecule has 3 aromatic rings. The van der Waals surface area contributed by atoms with Crippen molar-refractivity contribution in [3.63, 3.8) is 0 Å². The van der Waals surface area contributed by atoms with E-state index in [4.69, 9.17) is 9.72 Å². The van der Waals surface area contributed by atoms with Crippen LogP contribution in [0.2, 0.25) is 0 Å². The van der Waals surface area contributed by atoms with Gasteiger partial charge in [-0.3, -0.25) is 0 Å². The molecule has 1 fully saturated rings. The van der Waals surface area contributed by atoms with Gasteiger partial charge in [-0.05, 0) is 31.4 Å². The molecule has 7 nitrogen and oxygen atoms in total. The molecule has 0 spiro atoms. The molecule has 0 amide bonds. The Labute approximate surface area is 174 Å². The van der Waals surface area contributed by atoms with E-state index in [9.17, 15) is 4.79 Å². The van der Waals surface area contributed by atoms with Gasteiger partial charge in [-0.2, -0.15) is 0 Å². The van der Waals surface area contributed by atoms with E-state index in [1.54, 1.807) is 13.1 Å². The second kappa shape index (κ2) is 8.65. The van der Waals surface area contributed by atoms with E-state index in [1.807, 2.05) is 24.5 Å². The molecule has 0 bridgehead atoms. The van der Waals surface area contributed by atoms with Gasteiger partial charge in [0.1, 0.15) is 17.2 Å². The summed E-state index contributed by atoms with van der Waals surface area (Å²) in [5, 5.41) is 1.78. The van der Waals surface area contributed by atoms with Crippen LogP contribution in [0.25, 0.3) is 10.9 Å². The van der Waals surface area contributed by atoms with E-state index in [1.165, 1.54) is 11.8 Å². The highest BCUT2D eigenvalue weighted by molar-refractivity contribution is 7.98. The van der Waals surface area contributed by atoms with Gasteiger partial charge in [-0.15, -0.1) is 0 Å². The third kappa shape index (κ3) is 4.12. The van der Waals surface area contributed by atoms with Crippen molar-refractivity contribution in [3.05, 3.63) is 48.2 Å². The maximum absolute atomic E-state index is 12.4. The minimum Gasteiger partial charge on any atom is -0.462 e. The van der Waals surface area contributed by atoms with Crippen molar-refractivity contribution in [2.75, 3.05) is 48.8 Å². The second-order valence-corrected chi connectivity index (χ2v) is 7.42. The fraction of sp³-hybridized carbons (Fsp3) is 0.333. The number of hydrogen-bond acceptors (Lipinski definition) is 8. The molecule has 2 aromatic heterocycles. The number of esters is 1. The van der Waals surface area contributed by atoms with E-state index < -0.39 is 0 Å². The van der Waals surface area contributed by atoms with Crippen LogP contribution in [-0.2, 0) is 4.74 Å². The number of anilines is 2. The van der Waals surface area contributed by atoms with Crippen molar-refractivity contribution in [3.8, 4) is 0 Å². The summed E-state index contributed by atoms with van der Waals surface area (Å²) in [6.45, 7) is 5.20. The molecule has 0 unspecified atom stereocenters. The van der Waals surface area contributed by atoms with Crippen LogP contribution >= 0.6 is 11.8 Å². The number of carbonyl (C=O) groups is 1. The van der Waals surface area contributed by atoms with Gasteiger partial charge in [0, 0.05) is 37.8 Å². The molecule has 0 atom stereocenters. The molecular formula is C21H23N5O2S. The van der Waals surface area contributed by atoms with E-state index in [-0.39, 0.29) is 5.97 Å². The minimum atomic E-state index is -0.381. The fourth-order valence-corrected chi connectivity index (χ4v) is 3.76. The Morgan fingerprint density at radius 3 is 2.59 bits per heavy atom. The molecule has 29 heavy (non-hydrogen) atoms. The number of fused-ring (bicyclic) bond motifs is 1. The summed E-state index contributed by atoms with van der Waals surface area (Å²) in [5.74, 6) is 1.24. The Bertz CT molecular complexity index is 1020. The molecule has 0 saturated carbocycles. The second-order valence-electron chi connectivity index (χ2n) is 6.65. The number of piperazine rings is 1. The van der Waals surface area contributed by atoms with Gasteiger partial charge in [0.05, 0.1) is 12.1 Å². The zero-order valence-electron chi connectivity index (χ0n) is 16.5. The lowest BCUT2D eigenvalue weighted by Gasteiger charge is -2.36. The van der Waals surface area contributed by atoms with E-state index in [0.29, 0.717) is 23.1 Å². The van der Waals surface area contributed by atoms with Crippen molar-refractivity contribution in [2.45, 2.75) is 12.1 Å². The Morgan fingerprint density at radius 2 is 1.83 bits per heavy atom. The molecular weight excluding hydrogens is 386 g/mol. The maximum atomic E-state index is 12.4. The number of benzene rings is 1. The van der Waals surface area contributed by atoms with Crippen LogP contribution in [0.4, 0.5) is 11.6 Å². The van der Waals surface area contributed by atoms with Gasteiger partial charge in [0.2, 0.25) is 0 Å². The Balaban J connectivity index is 1.53. The summed E-state index contributed by atoms with van der Waals surface area (Å²) < 4.78 is 5.19. The van der Waals surface area contributed by atoms with Crippen LogP contribution < -0.4 is 9.80 Å². The van der Waals surface area contributed by atoms with Crippen LogP contribution in [0, 0.1) is 0 Å². The van der Waals surface area contributed by atoms with Crippen molar-refractivity contribution < 1.29 is 9.53 Å². The molecule has 0 N–H and O–H groups in total. The summed E-state index contributed by atoms with van der Waals surface area (Å²) >= 11 is 1.46. The number of carbonyl (C=O) groups excluding carboxylic acids is 1. The van der Waals surface area contributed by atoms with Gasteiger partial charge in [0.25, 0.3) is 0 Å².